The number of nitrogens with one attached hydrogen (secondary N) is 1. The maximum atomic E-state index is 10.6. The molecule has 4 atom stereocenters. The van der Waals surface area contributed by atoms with Crippen LogP contribution in [0.2, 0.25) is 0 Å². The summed E-state index contributed by atoms with van der Waals surface area (Å²) in [5.41, 5.74) is 3.35. The van der Waals surface area contributed by atoms with E-state index in [1.807, 2.05) is 48.7 Å². The van der Waals surface area contributed by atoms with E-state index < -0.39 is 31.1 Å². The molecule has 0 amide bonds. The molecule has 0 spiro atoms. The van der Waals surface area contributed by atoms with E-state index in [0.29, 0.717) is 18.0 Å². The topological polar surface area (TPSA) is 126 Å². The fraction of sp³-hybridized carbons (Fsp3) is 0.261. The second kappa shape index (κ2) is 8.64. The quantitative estimate of drug-likeness (QED) is 0.362. The van der Waals surface area contributed by atoms with Gasteiger partial charge in [-0.15, -0.1) is 0 Å². The molecule has 4 N–H and O–H groups in total. The highest BCUT2D eigenvalue weighted by Gasteiger charge is 2.44. The molecule has 1 saturated heterocycles. The molecule has 5 rings (SSSR count). The van der Waals surface area contributed by atoms with Crippen molar-refractivity contribution in [2.24, 2.45) is 0 Å². The first-order valence-corrected chi connectivity index (χ1v) is 10.3. The SMILES string of the molecule is OC[C@H]1O[C@@H](n2cc(-c3ccccc3)c3c(NCc4cccnc4)ncnc32)[C@@H](O)[C@H]1O. The third kappa shape index (κ3) is 3.61. The number of hydrogen-bond donors (Lipinski definition) is 4. The van der Waals surface area contributed by atoms with Crippen molar-refractivity contribution in [2.45, 2.75) is 31.1 Å². The van der Waals surface area contributed by atoms with Crippen molar-refractivity contribution in [3.63, 3.8) is 0 Å². The Bertz CT molecular complexity index is 1200. The lowest BCUT2D eigenvalue weighted by Crippen LogP contribution is -2.33. The summed E-state index contributed by atoms with van der Waals surface area (Å²) in [7, 11) is 0. The second-order valence-corrected chi connectivity index (χ2v) is 7.68. The van der Waals surface area contributed by atoms with Crippen LogP contribution in [-0.2, 0) is 11.3 Å². The van der Waals surface area contributed by atoms with Gasteiger partial charge in [-0.2, -0.15) is 0 Å². The summed E-state index contributed by atoms with van der Waals surface area (Å²) in [4.78, 5) is 13.1. The Hall–Kier alpha value is -3.37. The van der Waals surface area contributed by atoms with Crippen LogP contribution in [0.25, 0.3) is 22.2 Å². The number of pyridine rings is 1. The summed E-state index contributed by atoms with van der Waals surface area (Å²) in [6.07, 6.45) is 2.60. The molecule has 164 valence electrons. The van der Waals surface area contributed by atoms with E-state index >= 15 is 0 Å². The molecule has 9 heteroatoms. The molecule has 3 aromatic heterocycles. The molecule has 0 aliphatic carbocycles. The number of nitrogens with zero attached hydrogens (tertiary/aromatic N) is 4. The summed E-state index contributed by atoms with van der Waals surface area (Å²) >= 11 is 0. The Morgan fingerprint density at radius 3 is 2.59 bits per heavy atom. The van der Waals surface area contributed by atoms with Gasteiger partial charge in [0.1, 0.15) is 36.1 Å². The van der Waals surface area contributed by atoms with Gasteiger partial charge in [0.05, 0.1) is 12.0 Å². The first kappa shape index (κ1) is 20.5. The molecular formula is C23H23N5O4. The maximum Gasteiger partial charge on any atom is 0.164 e. The molecule has 32 heavy (non-hydrogen) atoms. The predicted molar refractivity (Wildman–Crippen MR) is 118 cm³/mol. The van der Waals surface area contributed by atoms with Gasteiger partial charge in [-0.3, -0.25) is 4.98 Å². The van der Waals surface area contributed by atoms with Crippen LogP contribution in [0, 0.1) is 0 Å². The molecule has 1 aliphatic rings. The van der Waals surface area contributed by atoms with Gasteiger partial charge < -0.3 is 29.9 Å². The minimum absolute atomic E-state index is 0.396. The van der Waals surface area contributed by atoms with Gasteiger partial charge in [0, 0.05) is 30.7 Å². The standard InChI is InChI=1S/C23H23N5O4/c29-12-17-19(30)20(31)23(32-17)28-11-16(15-6-2-1-3-7-15)18-21(26-13-27-22(18)28)25-10-14-5-4-8-24-9-14/h1-9,11,13,17,19-20,23,29-31H,10,12H2,(H,25,26,27)/t17-,19+,20+,23-/m1/s1. The summed E-state index contributed by atoms with van der Waals surface area (Å²) in [6, 6.07) is 13.6. The lowest BCUT2D eigenvalue weighted by atomic mass is 10.1. The Morgan fingerprint density at radius 2 is 1.88 bits per heavy atom. The average Bonchev–Trinajstić information content (AvgIpc) is 3.37. The Balaban J connectivity index is 1.62. The third-order valence-electron chi connectivity index (χ3n) is 5.67. The molecule has 1 aromatic carbocycles. The normalized spacial score (nSPS) is 23.0. The zero-order valence-electron chi connectivity index (χ0n) is 17.1. The van der Waals surface area contributed by atoms with Gasteiger partial charge in [-0.1, -0.05) is 36.4 Å². The highest BCUT2D eigenvalue weighted by molar-refractivity contribution is 6.01. The number of aliphatic hydroxyl groups excluding tert-OH is 3. The molecule has 0 radical (unpaired) electrons. The number of aliphatic hydroxyl groups is 3. The van der Waals surface area contributed by atoms with Crippen molar-refractivity contribution in [3.8, 4) is 11.1 Å². The minimum atomic E-state index is -1.21. The molecule has 0 saturated carbocycles. The lowest BCUT2D eigenvalue weighted by Gasteiger charge is -2.17. The highest BCUT2D eigenvalue weighted by Crippen LogP contribution is 2.39. The molecule has 1 aliphatic heterocycles. The second-order valence-electron chi connectivity index (χ2n) is 7.68. The van der Waals surface area contributed by atoms with Gasteiger partial charge >= 0.3 is 0 Å². The number of aromatic nitrogens is 4. The van der Waals surface area contributed by atoms with E-state index in [2.05, 4.69) is 20.3 Å². The summed E-state index contributed by atoms with van der Waals surface area (Å²) in [5.74, 6) is 0.628. The van der Waals surface area contributed by atoms with Gasteiger partial charge in [0.15, 0.2) is 6.23 Å². The first-order valence-electron chi connectivity index (χ1n) is 10.3. The van der Waals surface area contributed by atoms with Crippen molar-refractivity contribution in [3.05, 3.63) is 72.9 Å². The fourth-order valence-electron chi connectivity index (χ4n) is 4.05. The fourth-order valence-corrected chi connectivity index (χ4v) is 4.05. The molecule has 0 bridgehead atoms. The van der Waals surface area contributed by atoms with Gasteiger partial charge in [-0.05, 0) is 17.2 Å². The van der Waals surface area contributed by atoms with Crippen LogP contribution in [0.4, 0.5) is 5.82 Å². The predicted octanol–water partition coefficient (Wildman–Crippen LogP) is 1.72. The van der Waals surface area contributed by atoms with Crippen LogP contribution >= 0.6 is 0 Å². The molecular weight excluding hydrogens is 410 g/mol. The Morgan fingerprint density at radius 1 is 1.03 bits per heavy atom. The number of benzene rings is 1. The zero-order chi connectivity index (χ0) is 22.1. The van der Waals surface area contributed by atoms with Crippen molar-refractivity contribution in [2.75, 3.05) is 11.9 Å². The van der Waals surface area contributed by atoms with E-state index in [1.165, 1.54) is 6.33 Å². The summed E-state index contributed by atoms with van der Waals surface area (Å²) in [6.45, 7) is 0.125. The number of rotatable bonds is 6. The van der Waals surface area contributed by atoms with Crippen molar-refractivity contribution in [1.29, 1.82) is 0 Å². The van der Waals surface area contributed by atoms with Crippen LogP contribution in [-0.4, -0.2) is 59.8 Å². The van der Waals surface area contributed by atoms with Gasteiger partial charge in [0.2, 0.25) is 0 Å². The van der Waals surface area contributed by atoms with E-state index in [4.69, 9.17) is 4.74 Å². The van der Waals surface area contributed by atoms with E-state index in [1.54, 1.807) is 17.0 Å². The monoisotopic (exact) mass is 433 g/mol. The van der Waals surface area contributed by atoms with E-state index in [0.717, 1.165) is 22.1 Å². The Labute approximate surface area is 184 Å². The number of ether oxygens (including phenoxy) is 1. The van der Waals surface area contributed by atoms with Crippen LogP contribution < -0.4 is 5.32 Å². The van der Waals surface area contributed by atoms with E-state index in [-0.39, 0.29) is 0 Å². The zero-order valence-corrected chi connectivity index (χ0v) is 17.1. The molecule has 1 fully saturated rings. The van der Waals surface area contributed by atoms with Crippen LogP contribution in [0.15, 0.2) is 67.4 Å². The summed E-state index contributed by atoms with van der Waals surface area (Å²) in [5, 5.41) is 34.5. The van der Waals surface area contributed by atoms with Crippen LogP contribution in [0.3, 0.4) is 0 Å². The smallest absolute Gasteiger partial charge is 0.164 e. The number of hydrogen-bond acceptors (Lipinski definition) is 8. The van der Waals surface area contributed by atoms with Gasteiger partial charge in [-0.25, -0.2) is 9.97 Å². The van der Waals surface area contributed by atoms with Crippen LogP contribution in [0.5, 0.6) is 0 Å². The average molecular weight is 433 g/mol. The highest BCUT2D eigenvalue weighted by atomic mass is 16.6. The minimum Gasteiger partial charge on any atom is -0.394 e. The van der Waals surface area contributed by atoms with Gasteiger partial charge in [0.25, 0.3) is 0 Å². The Kier molecular flexibility index (Phi) is 5.54. The van der Waals surface area contributed by atoms with Crippen LogP contribution in [0.1, 0.15) is 11.8 Å². The molecule has 9 nitrogen and oxygen atoms in total. The van der Waals surface area contributed by atoms with Crippen molar-refractivity contribution in [1.82, 2.24) is 19.5 Å². The third-order valence-corrected chi connectivity index (χ3v) is 5.67. The summed E-state index contributed by atoms with van der Waals surface area (Å²) < 4.78 is 7.46. The molecule has 0 unspecified atom stereocenters. The van der Waals surface area contributed by atoms with E-state index in [9.17, 15) is 15.3 Å². The molecule has 4 aromatic rings. The number of fused-ring (bicyclic) bond motifs is 1. The lowest BCUT2D eigenvalue weighted by molar-refractivity contribution is -0.0508. The first-order chi connectivity index (χ1) is 15.7. The van der Waals surface area contributed by atoms with Crippen molar-refractivity contribution < 1.29 is 20.1 Å². The molecule has 4 heterocycles. The largest absolute Gasteiger partial charge is 0.394 e. The number of anilines is 1. The maximum absolute atomic E-state index is 10.6. The van der Waals surface area contributed by atoms with Crippen molar-refractivity contribution >= 4 is 16.9 Å².